The van der Waals surface area contributed by atoms with E-state index in [9.17, 15) is 18.0 Å². The molecule has 0 unspecified atom stereocenters. The smallest absolute Gasteiger partial charge is 0.264 e. The molecule has 0 bridgehead atoms. The van der Waals surface area contributed by atoms with Crippen molar-refractivity contribution in [3.63, 3.8) is 0 Å². The van der Waals surface area contributed by atoms with Gasteiger partial charge < -0.3 is 10.2 Å². The normalized spacial score (nSPS) is 14.0. The van der Waals surface area contributed by atoms with Crippen LogP contribution in [0.15, 0.2) is 102 Å². The average molecular weight is 693 g/mol. The quantitative estimate of drug-likeness (QED) is 0.167. The maximum Gasteiger partial charge on any atom is 0.264 e. The SMILES string of the molecule is Cc1ccc(N(CC(=O)N(Cc2ccccc2Cl)[C@@H](Cc2ccccc2)C(=O)NC2CCCC2)S(=O)(=O)c2ccc(Cl)cc2)cc1C. The van der Waals surface area contributed by atoms with Crippen molar-refractivity contribution in [1.82, 2.24) is 10.2 Å². The number of halogens is 2. The van der Waals surface area contributed by atoms with Crippen LogP contribution in [0, 0.1) is 13.8 Å². The van der Waals surface area contributed by atoms with E-state index in [0.717, 1.165) is 46.7 Å². The number of nitrogens with one attached hydrogen (secondary N) is 1. The van der Waals surface area contributed by atoms with Crippen LogP contribution >= 0.6 is 23.2 Å². The monoisotopic (exact) mass is 691 g/mol. The number of rotatable bonds is 12. The van der Waals surface area contributed by atoms with Crippen molar-refractivity contribution >= 4 is 50.7 Å². The lowest BCUT2D eigenvalue weighted by molar-refractivity contribution is -0.140. The highest BCUT2D eigenvalue weighted by atomic mass is 35.5. The van der Waals surface area contributed by atoms with Gasteiger partial charge in [-0.2, -0.15) is 0 Å². The molecule has 1 aliphatic rings. The van der Waals surface area contributed by atoms with E-state index in [2.05, 4.69) is 5.32 Å². The van der Waals surface area contributed by atoms with E-state index < -0.39 is 28.5 Å². The number of hydrogen-bond acceptors (Lipinski definition) is 4. The van der Waals surface area contributed by atoms with E-state index in [0.29, 0.717) is 21.3 Å². The van der Waals surface area contributed by atoms with Crippen molar-refractivity contribution in [1.29, 1.82) is 0 Å². The van der Waals surface area contributed by atoms with E-state index in [1.807, 2.05) is 62.4 Å². The molecule has 10 heteroatoms. The van der Waals surface area contributed by atoms with Crippen LogP contribution in [0.1, 0.15) is 47.9 Å². The van der Waals surface area contributed by atoms with Gasteiger partial charge in [0.1, 0.15) is 12.6 Å². The topological polar surface area (TPSA) is 86.8 Å². The van der Waals surface area contributed by atoms with E-state index >= 15 is 0 Å². The number of aryl methyl sites for hydroxylation is 2. The average Bonchev–Trinajstić information content (AvgIpc) is 3.57. The molecule has 1 saturated carbocycles. The lowest BCUT2D eigenvalue weighted by atomic mass is 10.0. The van der Waals surface area contributed by atoms with Crippen molar-refractivity contribution in [3.05, 3.63) is 129 Å². The van der Waals surface area contributed by atoms with Crippen molar-refractivity contribution in [3.8, 4) is 0 Å². The molecule has 0 radical (unpaired) electrons. The number of carbonyl (C=O) groups is 2. The minimum atomic E-state index is -4.23. The number of sulfonamides is 1. The molecule has 47 heavy (non-hydrogen) atoms. The molecule has 0 spiro atoms. The van der Waals surface area contributed by atoms with Gasteiger partial charge in [-0.1, -0.05) is 90.6 Å². The third-order valence-corrected chi connectivity index (χ3v) is 11.1. The van der Waals surface area contributed by atoms with Gasteiger partial charge in [0.15, 0.2) is 0 Å². The van der Waals surface area contributed by atoms with E-state index in [-0.39, 0.29) is 29.8 Å². The summed E-state index contributed by atoms with van der Waals surface area (Å²) in [5, 5.41) is 4.02. The van der Waals surface area contributed by atoms with Crippen LogP contribution in [0.3, 0.4) is 0 Å². The van der Waals surface area contributed by atoms with Crippen molar-refractivity contribution in [2.75, 3.05) is 10.8 Å². The molecule has 0 saturated heterocycles. The zero-order valence-corrected chi connectivity index (χ0v) is 28.9. The summed E-state index contributed by atoms with van der Waals surface area (Å²) >= 11 is 12.7. The lowest BCUT2D eigenvalue weighted by Gasteiger charge is -2.34. The Hall–Kier alpha value is -3.85. The molecule has 246 valence electrons. The highest BCUT2D eigenvalue weighted by Crippen LogP contribution is 2.28. The number of carbonyl (C=O) groups excluding carboxylic acids is 2. The predicted molar refractivity (Wildman–Crippen MR) is 188 cm³/mol. The Morgan fingerprint density at radius 2 is 1.51 bits per heavy atom. The number of hydrogen-bond donors (Lipinski definition) is 1. The molecular weight excluding hydrogens is 653 g/mol. The molecule has 0 heterocycles. The minimum absolute atomic E-state index is 0.00889. The maximum atomic E-state index is 14.7. The van der Waals surface area contributed by atoms with Crippen LogP contribution < -0.4 is 9.62 Å². The molecule has 1 aliphatic carbocycles. The largest absolute Gasteiger partial charge is 0.352 e. The zero-order valence-electron chi connectivity index (χ0n) is 26.5. The predicted octanol–water partition coefficient (Wildman–Crippen LogP) is 7.50. The Bertz CT molecular complexity index is 1810. The van der Waals surface area contributed by atoms with Crippen LogP contribution in [0.2, 0.25) is 10.0 Å². The summed E-state index contributed by atoms with van der Waals surface area (Å²) in [5.41, 5.74) is 3.71. The Morgan fingerprint density at radius 3 is 2.17 bits per heavy atom. The Kier molecular flexibility index (Phi) is 11.3. The van der Waals surface area contributed by atoms with Gasteiger partial charge >= 0.3 is 0 Å². The number of anilines is 1. The molecule has 1 atom stereocenters. The van der Waals surface area contributed by atoms with Gasteiger partial charge in [-0.25, -0.2) is 8.42 Å². The van der Waals surface area contributed by atoms with Crippen molar-refractivity contribution < 1.29 is 18.0 Å². The van der Waals surface area contributed by atoms with Crippen LogP contribution in [0.5, 0.6) is 0 Å². The third-order valence-electron chi connectivity index (χ3n) is 8.73. The molecule has 1 N–H and O–H groups in total. The zero-order chi connectivity index (χ0) is 33.6. The molecule has 5 rings (SSSR count). The summed E-state index contributed by atoms with van der Waals surface area (Å²) in [7, 11) is -4.23. The van der Waals surface area contributed by atoms with Gasteiger partial charge in [0.25, 0.3) is 10.0 Å². The molecule has 1 fully saturated rings. The molecule has 4 aromatic carbocycles. The first-order valence-electron chi connectivity index (χ1n) is 15.8. The van der Waals surface area contributed by atoms with Crippen molar-refractivity contribution in [2.24, 2.45) is 0 Å². The Labute approximate surface area is 287 Å². The second kappa shape index (κ2) is 15.4. The fourth-order valence-corrected chi connectivity index (χ4v) is 7.60. The van der Waals surface area contributed by atoms with Crippen LogP contribution in [-0.4, -0.2) is 43.8 Å². The lowest BCUT2D eigenvalue weighted by Crippen LogP contribution is -2.54. The first kappa shape index (κ1) is 34.5. The van der Waals surface area contributed by atoms with Crippen LogP contribution in [0.4, 0.5) is 5.69 Å². The summed E-state index contributed by atoms with van der Waals surface area (Å²) in [6, 6.07) is 26.9. The molecule has 2 amide bonds. The Morgan fingerprint density at radius 1 is 0.851 bits per heavy atom. The molecule has 4 aromatic rings. The maximum absolute atomic E-state index is 14.7. The summed E-state index contributed by atoms with van der Waals surface area (Å²) < 4.78 is 29.6. The standard InChI is InChI=1S/C37H39Cl2N3O4S/c1-26-16-19-32(22-27(26)2)42(47(45,46)33-20-17-30(38)18-21-33)25-36(43)41(24-29-12-6-9-15-34(29)39)35(23-28-10-4-3-5-11-28)37(44)40-31-13-7-8-14-31/h3-6,9-12,15-22,31,35H,7-8,13-14,23-25H2,1-2H3,(H,40,44)/t35-/m0/s1. The fourth-order valence-electron chi connectivity index (χ4n) is 5.87. The van der Waals surface area contributed by atoms with Crippen LogP contribution in [0.25, 0.3) is 0 Å². The van der Waals surface area contributed by atoms with Gasteiger partial charge in [0.2, 0.25) is 11.8 Å². The number of amides is 2. The third kappa shape index (κ3) is 8.55. The fraction of sp³-hybridized carbons (Fsp3) is 0.297. The molecule has 0 aromatic heterocycles. The van der Waals surface area contributed by atoms with Crippen molar-refractivity contribution in [2.45, 2.75) is 69.5 Å². The first-order chi connectivity index (χ1) is 22.5. The number of nitrogens with zero attached hydrogens (tertiary/aromatic N) is 2. The van der Waals surface area contributed by atoms with E-state index in [1.54, 1.807) is 24.3 Å². The number of benzene rings is 4. The Balaban J connectivity index is 1.58. The summed E-state index contributed by atoms with van der Waals surface area (Å²) in [5.74, 6) is -0.817. The molecule has 7 nitrogen and oxygen atoms in total. The van der Waals surface area contributed by atoms with E-state index in [1.165, 1.54) is 29.2 Å². The van der Waals surface area contributed by atoms with Gasteiger partial charge in [-0.05, 0) is 91.4 Å². The summed E-state index contributed by atoms with van der Waals surface area (Å²) in [6.45, 7) is 3.29. The molecular formula is C37H39Cl2N3O4S. The van der Waals surface area contributed by atoms with Gasteiger partial charge in [0, 0.05) is 29.1 Å². The molecule has 0 aliphatic heterocycles. The van der Waals surface area contributed by atoms with Gasteiger partial charge in [-0.3, -0.25) is 13.9 Å². The van der Waals surface area contributed by atoms with Crippen LogP contribution in [-0.2, 0) is 32.6 Å². The highest BCUT2D eigenvalue weighted by molar-refractivity contribution is 7.92. The summed E-state index contributed by atoms with van der Waals surface area (Å²) in [6.07, 6.45) is 4.06. The highest BCUT2D eigenvalue weighted by Gasteiger charge is 2.36. The summed E-state index contributed by atoms with van der Waals surface area (Å²) in [4.78, 5) is 30.3. The minimum Gasteiger partial charge on any atom is -0.352 e. The van der Waals surface area contributed by atoms with Gasteiger partial charge in [-0.15, -0.1) is 0 Å². The first-order valence-corrected chi connectivity index (χ1v) is 18.0. The van der Waals surface area contributed by atoms with Gasteiger partial charge in [0.05, 0.1) is 10.6 Å². The van der Waals surface area contributed by atoms with E-state index in [4.69, 9.17) is 23.2 Å². The second-order valence-electron chi connectivity index (χ2n) is 12.0. The second-order valence-corrected chi connectivity index (χ2v) is 14.7.